The first-order valence-corrected chi connectivity index (χ1v) is 3.60. The zero-order valence-corrected chi connectivity index (χ0v) is 6.64. The summed E-state index contributed by atoms with van der Waals surface area (Å²) in [5.74, 6) is 0. The van der Waals surface area contributed by atoms with Crippen LogP contribution < -0.4 is 10.6 Å². The summed E-state index contributed by atoms with van der Waals surface area (Å²) in [4.78, 5) is 1.40. The highest BCUT2D eigenvalue weighted by molar-refractivity contribution is 5.52. The van der Waals surface area contributed by atoms with Crippen LogP contribution in [-0.4, -0.2) is 23.7 Å². The Bertz CT molecular complexity index is 231. The Morgan fingerprint density at radius 1 is 1.08 bits per heavy atom. The Kier molecular flexibility index (Phi) is 2.90. The summed E-state index contributed by atoms with van der Waals surface area (Å²) in [7, 11) is 0. The molecular formula is C8H12N2O2. The van der Waals surface area contributed by atoms with Crippen molar-refractivity contribution >= 4 is 11.4 Å². The first-order valence-electron chi connectivity index (χ1n) is 3.60. The molecular weight excluding hydrogens is 156 g/mol. The van der Waals surface area contributed by atoms with Crippen LogP contribution in [0.5, 0.6) is 0 Å². The molecule has 4 N–H and O–H groups in total. The van der Waals surface area contributed by atoms with Gasteiger partial charge in [0.25, 0.3) is 0 Å². The zero-order valence-electron chi connectivity index (χ0n) is 6.64. The van der Waals surface area contributed by atoms with Gasteiger partial charge in [-0.3, -0.25) is 0 Å². The highest BCUT2D eigenvalue weighted by Gasteiger charge is 2.00. The molecule has 66 valence electrons. The number of aliphatic hydroxyl groups excluding tert-OH is 2. The Balaban J connectivity index is 2.80. The molecule has 0 amide bonds. The second-order valence-electron chi connectivity index (χ2n) is 2.41. The number of rotatable bonds is 3. The van der Waals surface area contributed by atoms with Gasteiger partial charge in [0.1, 0.15) is 13.5 Å². The van der Waals surface area contributed by atoms with Crippen molar-refractivity contribution in [2.75, 3.05) is 24.1 Å². The van der Waals surface area contributed by atoms with Gasteiger partial charge in [0.15, 0.2) is 0 Å². The summed E-state index contributed by atoms with van der Waals surface area (Å²) >= 11 is 0. The number of hydrogen-bond donors (Lipinski definition) is 3. The normalized spacial score (nSPS) is 9.83. The van der Waals surface area contributed by atoms with E-state index < -0.39 is 0 Å². The van der Waals surface area contributed by atoms with E-state index in [1.165, 1.54) is 4.90 Å². The molecule has 0 fully saturated rings. The van der Waals surface area contributed by atoms with Crippen LogP contribution in [-0.2, 0) is 0 Å². The molecule has 0 aliphatic carbocycles. The molecule has 1 aromatic rings. The van der Waals surface area contributed by atoms with Crippen molar-refractivity contribution in [3.8, 4) is 0 Å². The lowest BCUT2D eigenvalue weighted by Gasteiger charge is -2.18. The molecule has 12 heavy (non-hydrogen) atoms. The first kappa shape index (κ1) is 8.83. The van der Waals surface area contributed by atoms with Crippen LogP contribution in [0.1, 0.15) is 0 Å². The molecule has 0 radical (unpaired) electrons. The molecule has 0 heterocycles. The van der Waals surface area contributed by atoms with E-state index in [9.17, 15) is 0 Å². The van der Waals surface area contributed by atoms with E-state index in [2.05, 4.69) is 0 Å². The number of nitrogens with two attached hydrogens (primary N) is 1. The SMILES string of the molecule is Nc1ccc(N(CO)CO)cc1. The lowest BCUT2D eigenvalue weighted by atomic mass is 10.3. The predicted octanol–water partition coefficient (Wildman–Crippen LogP) is -0.0252. The summed E-state index contributed by atoms with van der Waals surface area (Å²) < 4.78 is 0. The van der Waals surface area contributed by atoms with E-state index >= 15 is 0 Å². The van der Waals surface area contributed by atoms with Gasteiger partial charge in [0.2, 0.25) is 0 Å². The number of nitrogens with zero attached hydrogens (tertiary/aromatic N) is 1. The number of hydrogen-bond acceptors (Lipinski definition) is 4. The van der Waals surface area contributed by atoms with E-state index in [0.717, 1.165) is 5.69 Å². The maximum atomic E-state index is 8.78. The van der Waals surface area contributed by atoms with E-state index in [4.69, 9.17) is 15.9 Å². The standard InChI is InChI=1S/C8H12N2O2/c9-7-1-3-8(4-2-7)10(5-11)6-12/h1-4,11-12H,5-6,9H2. The summed E-state index contributed by atoms with van der Waals surface area (Å²) in [5, 5.41) is 17.6. The minimum absolute atomic E-state index is 0.208. The average Bonchev–Trinajstić information content (AvgIpc) is 2.10. The highest BCUT2D eigenvalue weighted by atomic mass is 16.3. The largest absolute Gasteiger partial charge is 0.399 e. The van der Waals surface area contributed by atoms with Gasteiger partial charge in [-0.05, 0) is 24.3 Å². The lowest BCUT2D eigenvalue weighted by Crippen LogP contribution is -2.24. The van der Waals surface area contributed by atoms with Crippen molar-refractivity contribution in [3.05, 3.63) is 24.3 Å². The van der Waals surface area contributed by atoms with Gasteiger partial charge in [-0.25, -0.2) is 0 Å². The van der Waals surface area contributed by atoms with Gasteiger partial charge in [-0.1, -0.05) is 0 Å². The van der Waals surface area contributed by atoms with E-state index in [1.54, 1.807) is 24.3 Å². The number of anilines is 2. The summed E-state index contributed by atoms with van der Waals surface area (Å²) in [5.41, 5.74) is 6.87. The quantitative estimate of drug-likeness (QED) is 0.438. The minimum Gasteiger partial charge on any atom is -0.399 e. The molecule has 0 spiro atoms. The maximum absolute atomic E-state index is 8.78. The summed E-state index contributed by atoms with van der Waals surface area (Å²) in [6, 6.07) is 6.91. The van der Waals surface area contributed by atoms with Crippen molar-refractivity contribution in [1.29, 1.82) is 0 Å². The Morgan fingerprint density at radius 3 is 2.00 bits per heavy atom. The number of nitrogen functional groups attached to an aromatic ring is 1. The van der Waals surface area contributed by atoms with Crippen LogP contribution in [0.4, 0.5) is 11.4 Å². The lowest BCUT2D eigenvalue weighted by molar-refractivity contribution is 0.223. The Labute approximate surface area is 70.8 Å². The van der Waals surface area contributed by atoms with E-state index in [0.29, 0.717) is 5.69 Å². The van der Waals surface area contributed by atoms with Crippen molar-refractivity contribution in [2.45, 2.75) is 0 Å². The van der Waals surface area contributed by atoms with Gasteiger partial charge in [-0.2, -0.15) is 0 Å². The molecule has 4 heteroatoms. The van der Waals surface area contributed by atoms with Gasteiger partial charge >= 0.3 is 0 Å². The van der Waals surface area contributed by atoms with E-state index in [-0.39, 0.29) is 13.5 Å². The summed E-state index contributed by atoms with van der Waals surface area (Å²) in [6.07, 6.45) is 0. The molecule has 1 rings (SSSR count). The average molecular weight is 168 g/mol. The van der Waals surface area contributed by atoms with Crippen molar-refractivity contribution in [2.24, 2.45) is 0 Å². The van der Waals surface area contributed by atoms with Gasteiger partial charge in [-0.15, -0.1) is 0 Å². The third kappa shape index (κ3) is 1.87. The summed E-state index contributed by atoms with van der Waals surface area (Å²) in [6.45, 7) is -0.416. The van der Waals surface area contributed by atoms with Gasteiger partial charge < -0.3 is 20.8 Å². The van der Waals surface area contributed by atoms with Crippen LogP contribution >= 0.6 is 0 Å². The molecule has 0 saturated heterocycles. The topological polar surface area (TPSA) is 69.7 Å². The maximum Gasteiger partial charge on any atom is 0.117 e. The van der Waals surface area contributed by atoms with Gasteiger partial charge in [0, 0.05) is 11.4 Å². The van der Waals surface area contributed by atoms with E-state index in [1.807, 2.05) is 0 Å². The fourth-order valence-electron chi connectivity index (χ4n) is 0.893. The number of benzene rings is 1. The predicted molar refractivity (Wildman–Crippen MR) is 47.5 cm³/mol. The fraction of sp³-hybridized carbons (Fsp3) is 0.250. The smallest absolute Gasteiger partial charge is 0.117 e. The third-order valence-corrected chi connectivity index (χ3v) is 1.60. The van der Waals surface area contributed by atoms with Crippen molar-refractivity contribution in [1.82, 2.24) is 0 Å². The minimum atomic E-state index is -0.208. The number of aliphatic hydroxyl groups is 2. The molecule has 4 nitrogen and oxygen atoms in total. The third-order valence-electron chi connectivity index (χ3n) is 1.60. The van der Waals surface area contributed by atoms with Crippen molar-refractivity contribution in [3.63, 3.8) is 0 Å². The molecule has 0 aromatic heterocycles. The fourth-order valence-corrected chi connectivity index (χ4v) is 0.893. The van der Waals surface area contributed by atoms with Crippen LogP contribution in [0.15, 0.2) is 24.3 Å². The molecule has 0 aliphatic rings. The molecule has 0 saturated carbocycles. The molecule has 0 bridgehead atoms. The molecule has 0 aliphatic heterocycles. The second kappa shape index (κ2) is 3.94. The molecule has 0 unspecified atom stereocenters. The van der Waals surface area contributed by atoms with Crippen LogP contribution in [0.25, 0.3) is 0 Å². The van der Waals surface area contributed by atoms with Gasteiger partial charge in [0.05, 0.1) is 0 Å². The monoisotopic (exact) mass is 168 g/mol. The molecule has 0 atom stereocenters. The highest BCUT2D eigenvalue weighted by Crippen LogP contribution is 2.14. The second-order valence-corrected chi connectivity index (χ2v) is 2.41. The Morgan fingerprint density at radius 2 is 1.58 bits per heavy atom. The zero-order chi connectivity index (χ0) is 8.97. The first-order chi connectivity index (χ1) is 5.77. The van der Waals surface area contributed by atoms with Crippen molar-refractivity contribution < 1.29 is 10.2 Å². The van der Waals surface area contributed by atoms with Crippen LogP contribution in [0.3, 0.4) is 0 Å². The van der Waals surface area contributed by atoms with Crippen LogP contribution in [0.2, 0.25) is 0 Å². The Hall–Kier alpha value is -1.26. The van der Waals surface area contributed by atoms with Crippen LogP contribution in [0, 0.1) is 0 Å². The molecule has 1 aromatic carbocycles.